The second-order valence-corrected chi connectivity index (χ2v) is 5.51. The van der Waals surface area contributed by atoms with Crippen LogP contribution >= 0.6 is 0 Å². The van der Waals surface area contributed by atoms with E-state index in [4.69, 9.17) is 9.84 Å². The number of hydrogen-bond acceptors (Lipinski definition) is 6. The van der Waals surface area contributed by atoms with Gasteiger partial charge in [-0.15, -0.1) is 0 Å². The minimum Gasteiger partial charge on any atom is -0.394 e. The van der Waals surface area contributed by atoms with Crippen LogP contribution in [0.15, 0.2) is 47.4 Å². The molecule has 1 aromatic carbocycles. The lowest BCUT2D eigenvalue weighted by molar-refractivity contribution is -0.0536. The highest BCUT2D eigenvalue weighted by Gasteiger charge is 2.45. The van der Waals surface area contributed by atoms with Crippen LogP contribution in [0.1, 0.15) is 16.6 Å². The zero-order valence-corrected chi connectivity index (χ0v) is 12.9. The van der Waals surface area contributed by atoms with Gasteiger partial charge < -0.3 is 20.3 Å². The second kappa shape index (κ2) is 7.09. The molecule has 0 aliphatic carbocycles. The Bertz CT molecular complexity index is 813. The van der Waals surface area contributed by atoms with Gasteiger partial charge in [-0.05, 0) is 18.2 Å². The van der Waals surface area contributed by atoms with E-state index in [9.17, 15) is 19.1 Å². The maximum absolute atomic E-state index is 13.8. The molecule has 0 radical (unpaired) electrons. The van der Waals surface area contributed by atoms with Crippen molar-refractivity contribution in [2.45, 2.75) is 24.6 Å². The summed E-state index contributed by atoms with van der Waals surface area (Å²) < 4.78 is 19.8. The minimum atomic E-state index is -1.82. The van der Waals surface area contributed by atoms with Crippen molar-refractivity contribution in [2.75, 3.05) is 11.9 Å². The SMILES string of the molecule is O=C(Nc1ccn([C@@H]2O[C@H](CO)[C@H](F)[C@H]2O)c(=O)n1)c1ccccc1. The Balaban J connectivity index is 1.78. The molecule has 0 unspecified atom stereocenters. The summed E-state index contributed by atoms with van der Waals surface area (Å²) >= 11 is 0. The maximum Gasteiger partial charge on any atom is 0.351 e. The van der Waals surface area contributed by atoms with Crippen molar-refractivity contribution < 1.29 is 24.1 Å². The molecule has 25 heavy (non-hydrogen) atoms. The van der Waals surface area contributed by atoms with E-state index in [1.165, 1.54) is 12.3 Å². The maximum atomic E-state index is 13.8. The van der Waals surface area contributed by atoms with Gasteiger partial charge in [0.1, 0.15) is 18.0 Å². The first-order valence-corrected chi connectivity index (χ1v) is 7.55. The number of nitrogens with one attached hydrogen (secondary N) is 1. The summed E-state index contributed by atoms with van der Waals surface area (Å²) in [6.07, 6.45) is -4.72. The molecule has 1 fully saturated rings. The third-order valence-electron chi connectivity index (χ3n) is 3.85. The summed E-state index contributed by atoms with van der Waals surface area (Å²) in [7, 11) is 0. The first-order valence-electron chi connectivity index (χ1n) is 7.55. The van der Waals surface area contributed by atoms with E-state index >= 15 is 0 Å². The van der Waals surface area contributed by atoms with E-state index in [2.05, 4.69) is 10.3 Å². The van der Waals surface area contributed by atoms with Crippen molar-refractivity contribution in [3.63, 3.8) is 0 Å². The van der Waals surface area contributed by atoms with Gasteiger partial charge in [-0.2, -0.15) is 4.98 Å². The number of nitrogens with zero attached hydrogens (tertiary/aromatic N) is 2. The van der Waals surface area contributed by atoms with Gasteiger partial charge in [0.05, 0.1) is 6.61 Å². The van der Waals surface area contributed by atoms with E-state index in [0.29, 0.717) is 5.56 Å². The van der Waals surface area contributed by atoms with Gasteiger partial charge in [-0.1, -0.05) is 18.2 Å². The van der Waals surface area contributed by atoms with Gasteiger partial charge in [0.2, 0.25) is 0 Å². The Morgan fingerprint density at radius 2 is 2.04 bits per heavy atom. The number of rotatable bonds is 4. The van der Waals surface area contributed by atoms with Gasteiger partial charge in [0.15, 0.2) is 12.4 Å². The van der Waals surface area contributed by atoms with Crippen LogP contribution < -0.4 is 11.0 Å². The van der Waals surface area contributed by atoms with Crippen LogP contribution in [0.2, 0.25) is 0 Å². The standard InChI is InChI=1S/C16H16FN3O5/c17-12-10(8-21)25-15(13(12)22)20-7-6-11(19-16(20)24)18-14(23)9-4-2-1-3-5-9/h1-7,10,12-13,15,21-22H,8H2,(H,18,19,23,24)/t10-,12+,13-,15-/m1/s1. The van der Waals surface area contributed by atoms with Crippen LogP contribution in [0.5, 0.6) is 0 Å². The molecular formula is C16H16FN3O5. The average molecular weight is 349 g/mol. The molecule has 2 heterocycles. The van der Waals surface area contributed by atoms with Crippen LogP contribution in [0, 0.1) is 0 Å². The van der Waals surface area contributed by atoms with Crippen LogP contribution in [-0.2, 0) is 4.74 Å². The molecule has 0 spiro atoms. The second-order valence-electron chi connectivity index (χ2n) is 5.51. The number of hydrogen-bond donors (Lipinski definition) is 3. The number of halogens is 1. The van der Waals surface area contributed by atoms with Crippen molar-refractivity contribution in [3.8, 4) is 0 Å². The molecule has 3 rings (SSSR count). The lowest BCUT2D eigenvalue weighted by Gasteiger charge is -2.17. The molecular weight excluding hydrogens is 333 g/mol. The first-order chi connectivity index (χ1) is 12.0. The normalized spacial score (nSPS) is 25.7. The fourth-order valence-corrected chi connectivity index (χ4v) is 2.54. The molecule has 8 nitrogen and oxygen atoms in total. The lowest BCUT2D eigenvalue weighted by Crippen LogP contribution is -2.34. The zero-order valence-electron chi connectivity index (χ0n) is 12.9. The number of aliphatic hydroxyl groups excluding tert-OH is 2. The molecule has 1 aromatic heterocycles. The Morgan fingerprint density at radius 3 is 2.64 bits per heavy atom. The van der Waals surface area contributed by atoms with Gasteiger partial charge in [0, 0.05) is 11.8 Å². The van der Waals surface area contributed by atoms with Crippen LogP contribution in [0.4, 0.5) is 10.2 Å². The van der Waals surface area contributed by atoms with Crippen molar-refractivity contribution in [1.29, 1.82) is 0 Å². The largest absolute Gasteiger partial charge is 0.394 e. The molecule has 1 aliphatic rings. The smallest absolute Gasteiger partial charge is 0.351 e. The van der Waals surface area contributed by atoms with E-state index in [1.807, 2.05) is 0 Å². The highest BCUT2D eigenvalue weighted by Crippen LogP contribution is 2.30. The van der Waals surface area contributed by atoms with Gasteiger partial charge in [-0.25, -0.2) is 9.18 Å². The molecule has 1 saturated heterocycles. The van der Waals surface area contributed by atoms with Crippen LogP contribution in [-0.4, -0.2) is 50.7 Å². The summed E-state index contributed by atoms with van der Waals surface area (Å²) in [6.45, 7) is -0.623. The Hall–Kier alpha value is -2.62. The van der Waals surface area contributed by atoms with Crippen molar-refractivity contribution in [2.24, 2.45) is 0 Å². The highest BCUT2D eigenvalue weighted by molar-refractivity contribution is 6.03. The topological polar surface area (TPSA) is 114 Å². The van der Waals surface area contributed by atoms with Gasteiger partial charge in [-0.3, -0.25) is 9.36 Å². The predicted octanol–water partition coefficient (Wildman–Crippen LogP) is 0.0843. The number of aromatic nitrogens is 2. The molecule has 0 bridgehead atoms. The number of carbonyl (C=O) groups is 1. The zero-order chi connectivity index (χ0) is 18.0. The molecule has 1 aliphatic heterocycles. The molecule has 9 heteroatoms. The number of anilines is 1. The Labute approximate surface area is 141 Å². The number of aliphatic hydroxyl groups is 2. The van der Waals surface area contributed by atoms with Crippen LogP contribution in [0.3, 0.4) is 0 Å². The number of ether oxygens (including phenoxy) is 1. The Kier molecular flexibility index (Phi) is 4.88. The first kappa shape index (κ1) is 17.2. The molecule has 3 N–H and O–H groups in total. The number of amides is 1. The number of alkyl halides is 1. The summed E-state index contributed by atoms with van der Waals surface area (Å²) in [5.41, 5.74) is -0.435. The van der Waals surface area contributed by atoms with Crippen molar-refractivity contribution in [3.05, 3.63) is 58.6 Å². The monoisotopic (exact) mass is 349 g/mol. The molecule has 1 amide bonds. The number of benzene rings is 1. The Morgan fingerprint density at radius 1 is 1.32 bits per heavy atom. The van der Waals surface area contributed by atoms with Crippen LogP contribution in [0.25, 0.3) is 0 Å². The van der Waals surface area contributed by atoms with Crippen molar-refractivity contribution in [1.82, 2.24) is 9.55 Å². The fraction of sp³-hybridized carbons (Fsp3) is 0.312. The third-order valence-corrected chi connectivity index (χ3v) is 3.85. The predicted molar refractivity (Wildman–Crippen MR) is 84.8 cm³/mol. The summed E-state index contributed by atoms with van der Waals surface area (Å²) in [6, 6.07) is 9.71. The third kappa shape index (κ3) is 3.43. The average Bonchev–Trinajstić information content (AvgIpc) is 2.91. The van der Waals surface area contributed by atoms with E-state index in [0.717, 1.165) is 4.57 Å². The van der Waals surface area contributed by atoms with E-state index in [-0.39, 0.29) is 5.82 Å². The van der Waals surface area contributed by atoms with Gasteiger partial charge >= 0.3 is 5.69 Å². The highest BCUT2D eigenvalue weighted by atomic mass is 19.1. The summed E-state index contributed by atoms with van der Waals surface area (Å²) in [5.74, 6) is -0.426. The van der Waals surface area contributed by atoms with Crippen molar-refractivity contribution >= 4 is 11.7 Å². The fourth-order valence-electron chi connectivity index (χ4n) is 2.54. The molecule has 132 valence electrons. The lowest BCUT2D eigenvalue weighted by atomic mass is 10.1. The van der Waals surface area contributed by atoms with Gasteiger partial charge in [0.25, 0.3) is 5.91 Å². The molecule has 0 saturated carbocycles. The number of carbonyl (C=O) groups excluding carboxylic acids is 1. The van der Waals surface area contributed by atoms with E-state index in [1.54, 1.807) is 30.3 Å². The quantitative estimate of drug-likeness (QED) is 0.721. The minimum absolute atomic E-state index is 0.0121. The van der Waals surface area contributed by atoms with E-state index < -0.39 is 42.8 Å². The summed E-state index contributed by atoms with van der Waals surface area (Å²) in [4.78, 5) is 27.9. The summed E-state index contributed by atoms with van der Waals surface area (Å²) in [5, 5.41) is 21.3. The molecule has 4 atom stereocenters. The molecule has 2 aromatic rings.